The van der Waals surface area contributed by atoms with Gasteiger partial charge in [-0.1, -0.05) is 103 Å². The first-order valence-electron chi connectivity index (χ1n) is 10.5. The van der Waals surface area contributed by atoms with E-state index < -0.39 is 18.4 Å². The van der Waals surface area contributed by atoms with Crippen LogP contribution < -0.4 is 0 Å². The summed E-state index contributed by atoms with van der Waals surface area (Å²) in [5.41, 5.74) is 0. The lowest BCUT2D eigenvalue weighted by Gasteiger charge is -2.04. The molecule has 4 nitrogen and oxygen atoms in total. The molecule has 0 aromatic carbocycles. The number of carbonyl (C=O) groups is 2. The molecule has 0 radical (unpaired) electrons. The number of carbonyl (C=O) groups excluding carboxylic acids is 1. The smallest absolute Gasteiger partial charge is 0.317 e. The summed E-state index contributed by atoms with van der Waals surface area (Å²) in [5, 5.41) is 8.43. The molecule has 0 rings (SSSR count). The third-order valence-corrected chi connectivity index (χ3v) is 4.56. The van der Waals surface area contributed by atoms with Crippen LogP contribution in [0.4, 0.5) is 0 Å². The Kier molecular flexibility index (Phi) is 18.5. The van der Waals surface area contributed by atoms with Crippen LogP contribution >= 0.6 is 0 Å². The minimum atomic E-state index is -1.13. The minimum absolute atomic E-state index is 0.352. The van der Waals surface area contributed by atoms with E-state index in [1.807, 2.05) is 0 Å². The Morgan fingerprint density at radius 1 is 0.640 bits per heavy atom. The number of hydrogen-bond acceptors (Lipinski definition) is 3. The fourth-order valence-electron chi connectivity index (χ4n) is 3.01. The van der Waals surface area contributed by atoms with Crippen LogP contribution in [-0.4, -0.2) is 23.7 Å². The Labute approximate surface area is 154 Å². The lowest BCUT2D eigenvalue weighted by atomic mass is 10.0. The first-order valence-corrected chi connectivity index (χ1v) is 10.5. The van der Waals surface area contributed by atoms with Gasteiger partial charge in [-0.15, -0.1) is 0 Å². The zero-order valence-corrected chi connectivity index (χ0v) is 16.4. The van der Waals surface area contributed by atoms with E-state index in [1.54, 1.807) is 0 Å². The maximum atomic E-state index is 11.0. The molecule has 0 heterocycles. The van der Waals surface area contributed by atoms with Gasteiger partial charge in [0, 0.05) is 0 Å². The molecule has 0 bridgehead atoms. The second kappa shape index (κ2) is 19.3. The van der Waals surface area contributed by atoms with Crippen LogP contribution in [-0.2, 0) is 14.3 Å². The van der Waals surface area contributed by atoms with Crippen LogP contribution in [0.1, 0.15) is 116 Å². The van der Waals surface area contributed by atoms with Crippen molar-refractivity contribution in [2.24, 2.45) is 0 Å². The lowest BCUT2D eigenvalue weighted by Crippen LogP contribution is -2.11. The molecule has 0 saturated heterocycles. The highest BCUT2D eigenvalue weighted by Crippen LogP contribution is 2.13. The number of carboxylic acids is 1. The van der Waals surface area contributed by atoms with Crippen molar-refractivity contribution in [3.05, 3.63) is 0 Å². The van der Waals surface area contributed by atoms with Gasteiger partial charge in [0.15, 0.2) is 0 Å². The van der Waals surface area contributed by atoms with Gasteiger partial charge in [0.1, 0.15) is 6.42 Å². The standard InChI is InChI=1S/C21H40O4/c1-2-3-4-5-6-7-8-9-10-11-12-13-14-15-16-17-18-25-21(24)19-20(22)23/h2-19H2,1H3,(H,22,23). The van der Waals surface area contributed by atoms with Gasteiger partial charge >= 0.3 is 11.9 Å². The molecule has 0 aliphatic carbocycles. The molecule has 0 fully saturated rings. The van der Waals surface area contributed by atoms with Crippen LogP contribution in [0.25, 0.3) is 0 Å². The first kappa shape index (κ1) is 23.9. The first-order chi connectivity index (χ1) is 12.2. The average Bonchev–Trinajstić information content (AvgIpc) is 2.57. The zero-order valence-electron chi connectivity index (χ0n) is 16.4. The molecule has 0 atom stereocenters. The molecule has 0 unspecified atom stereocenters. The third kappa shape index (κ3) is 20.9. The van der Waals surface area contributed by atoms with Crippen LogP contribution in [0.2, 0.25) is 0 Å². The molecule has 0 aromatic heterocycles. The molecule has 0 aromatic rings. The molecule has 4 heteroatoms. The van der Waals surface area contributed by atoms with Gasteiger partial charge in [-0.3, -0.25) is 9.59 Å². The summed E-state index contributed by atoms with van der Waals surface area (Å²) in [6, 6.07) is 0. The van der Waals surface area contributed by atoms with E-state index in [0.717, 1.165) is 12.8 Å². The molecule has 0 aliphatic rings. The number of ether oxygens (including phenoxy) is 1. The number of hydrogen-bond donors (Lipinski definition) is 1. The highest BCUT2D eigenvalue weighted by Gasteiger charge is 2.07. The van der Waals surface area contributed by atoms with Crippen molar-refractivity contribution in [3.8, 4) is 0 Å². The number of carboxylic acid groups (broad SMARTS) is 1. The molecular weight excluding hydrogens is 316 g/mol. The average molecular weight is 357 g/mol. The van der Waals surface area contributed by atoms with Gasteiger partial charge in [0.25, 0.3) is 0 Å². The van der Waals surface area contributed by atoms with Gasteiger partial charge < -0.3 is 9.84 Å². The molecular formula is C21H40O4. The zero-order chi connectivity index (χ0) is 18.6. The van der Waals surface area contributed by atoms with E-state index in [0.29, 0.717) is 6.61 Å². The van der Waals surface area contributed by atoms with E-state index in [-0.39, 0.29) is 0 Å². The van der Waals surface area contributed by atoms with Crippen molar-refractivity contribution >= 4 is 11.9 Å². The summed E-state index contributed by atoms with van der Waals surface area (Å²) in [7, 11) is 0. The number of rotatable bonds is 19. The number of unbranched alkanes of at least 4 members (excludes halogenated alkanes) is 15. The third-order valence-electron chi connectivity index (χ3n) is 4.56. The summed E-state index contributed by atoms with van der Waals surface area (Å²) in [5.74, 6) is -1.76. The molecule has 0 aliphatic heterocycles. The molecule has 25 heavy (non-hydrogen) atoms. The van der Waals surface area contributed by atoms with Crippen molar-refractivity contribution in [2.45, 2.75) is 116 Å². The van der Waals surface area contributed by atoms with E-state index in [2.05, 4.69) is 6.92 Å². The monoisotopic (exact) mass is 356 g/mol. The predicted octanol–water partition coefficient (Wildman–Crippen LogP) is 6.27. The van der Waals surface area contributed by atoms with Gasteiger partial charge in [-0.2, -0.15) is 0 Å². The van der Waals surface area contributed by atoms with Crippen LogP contribution in [0, 0.1) is 0 Å². The summed E-state index contributed by atoms with van der Waals surface area (Å²) in [4.78, 5) is 21.3. The topological polar surface area (TPSA) is 63.6 Å². The number of aliphatic carboxylic acids is 1. The molecule has 148 valence electrons. The van der Waals surface area contributed by atoms with Crippen molar-refractivity contribution in [2.75, 3.05) is 6.61 Å². The Balaban J connectivity index is 3.07. The normalized spacial score (nSPS) is 10.8. The highest BCUT2D eigenvalue weighted by molar-refractivity contribution is 5.90. The van der Waals surface area contributed by atoms with Gasteiger partial charge in [-0.25, -0.2) is 0 Å². The van der Waals surface area contributed by atoms with Crippen LogP contribution in [0.15, 0.2) is 0 Å². The fraction of sp³-hybridized carbons (Fsp3) is 0.905. The van der Waals surface area contributed by atoms with E-state index in [4.69, 9.17) is 9.84 Å². The molecule has 0 saturated carbocycles. The summed E-state index contributed by atoms with van der Waals surface area (Å²) >= 11 is 0. The van der Waals surface area contributed by atoms with E-state index in [1.165, 1.54) is 89.9 Å². The second-order valence-corrected chi connectivity index (χ2v) is 7.09. The van der Waals surface area contributed by atoms with E-state index in [9.17, 15) is 9.59 Å². The van der Waals surface area contributed by atoms with Gasteiger partial charge in [0.05, 0.1) is 6.61 Å². The highest BCUT2D eigenvalue weighted by atomic mass is 16.5. The fourth-order valence-corrected chi connectivity index (χ4v) is 3.01. The number of esters is 1. The molecule has 0 spiro atoms. The van der Waals surface area contributed by atoms with E-state index >= 15 is 0 Å². The molecule has 0 amide bonds. The Morgan fingerprint density at radius 2 is 1.00 bits per heavy atom. The van der Waals surface area contributed by atoms with Crippen molar-refractivity contribution < 1.29 is 19.4 Å². The largest absolute Gasteiger partial charge is 0.481 e. The Bertz CT molecular complexity index is 315. The SMILES string of the molecule is CCCCCCCCCCCCCCCCCCOC(=O)CC(=O)O. The lowest BCUT2D eigenvalue weighted by molar-refractivity contribution is -0.151. The van der Waals surface area contributed by atoms with Gasteiger partial charge in [0.2, 0.25) is 0 Å². The second-order valence-electron chi connectivity index (χ2n) is 7.09. The van der Waals surface area contributed by atoms with Crippen LogP contribution in [0.3, 0.4) is 0 Å². The maximum Gasteiger partial charge on any atom is 0.317 e. The summed E-state index contributed by atoms with van der Waals surface area (Å²) in [6.45, 7) is 2.62. The molecule has 1 N–H and O–H groups in total. The van der Waals surface area contributed by atoms with Crippen molar-refractivity contribution in [1.82, 2.24) is 0 Å². The van der Waals surface area contributed by atoms with Crippen LogP contribution in [0.5, 0.6) is 0 Å². The predicted molar refractivity (Wildman–Crippen MR) is 103 cm³/mol. The summed E-state index contributed by atoms with van der Waals surface area (Å²) < 4.78 is 4.85. The minimum Gasteiger partial charge on any atom is -0.481 e. The maximum absolute atomic E-state index is 11.0. The van der Waals surface area contributed by atoms with Gasteiger partial charge in [-0.05, 0) is 6.42 Å². The van der Waals surface area contributed by atoms with Crippen molar-refractivity contribution in [3.63, 3.8) is 0 Å². The summed E-state index contributed by atoms with van der Waals surface area (Å²) in [6.07, 6.45) is 20.4. The Hall–Kier alpha value is -1.06. The van der Waals surface area contributed by atoms with Crippen molar-refractivity contribution in [1.29, 1.82) is 0 Å². The Morgan fingerprint density at radius 3 is 1.36 bits per heavy atom. The quantitative estimate of drug-likeness (QED) is 0.168.